The van der Waals surface area contributed by atoms with Crippen LogP contribution in [-0.4, -0.2) is 24.6 Å². The number of aromatic nitrogens is 1. The lowest BCUT2D eigenvalue weighted by atomic mass is 10.1. The maximum absolute atomic E-state index is 11.7. The maximum atomic E-state index is 11.7. The van der Waals surface area contributed by atoms with Crippen LogP contribution >= 0.6 is 0 Å². The molecule has 1 aromatic carbocycles. The average molecular weight is 285 g/mol. The number of nitrogens with zero attached hydrogens (tertiary/aromatic N) is 2. The summed E-state index contributed by atoms with van der Waals surface area (Å²) >= 11 is 0. The molecule has 2 aromatic rings. The molecule has 0 fully saturated rings. The van der Waals surface area contributed by atoms with Gasteiger partial charge in [-0.1, -0.05) is 0 Å². The van der Waals surface area contributed by atoms with Gasteiger partial charge in [-0.25, -0.2) is 4.79 Å². The number of anilines is 2. The van der Waals surface area contributed by atoms with Gasteiger partial charge in [-0.2, -0.15) is 0 Å². The number of hydrogen-bond acceptors (Lipinski definition) is 5. The van der Waals surface area contributed by atoms with Crippen molar-refractivity contribution in [2.24, 2.45) is 0 Å². The Morgan fingerprint density at radius 1 is 1.29 bits per heavy atom. The molecule has 0 unspecified atom stereocenters. The molecule has 1 aromatic heterocycles. The van der Waals surface area contributed by atoms with Crippen LogP contribution in [0.15, 0.2) is 42.7 Å². The second-order valence-electron chi connectivity index (χ2n) is 4.63. The van der Waals surface area contributed by atoms with E-state index in [0.29, 0.717) is 11.3 Å². The number of benzene rings is 1. The van der Waals surface area contributed by atoms with E-state index >= 15 is 0 Å². The topological polar surface area (TPSA) is 68.5 Å². The molecule has 0 aliphatic rings. The zero-order valence-corrected chi connectivity index (χ0v) is 12.2. The van der Waals surface area contributed by atoms with Gasteiger partial charge in [0.05, 0.1) is 12.7 Å². The summed E-state index contributed by atoms with van der Waals surface area (Å²) in [6, 6.07) is 9.36. The fraction of sp³-hybridized carbons (Fsp3) is 0.250. The Balaban J connectivity index is 2.28. The molecule has 110 valence electrons. The number of rotatable bonds is 5. The quantitative estimate of drug-likeness (QED) is 0.675. The van der Waals surface area contributed by atoms with E-state index in [2.05, 4.69) is 16.8 Å². The molecule has 21 heavy (non-hydrogen) atoms. The smallest absolute Gasteiger partial charge is 0.340 e. The number of nitrogen functional groups attached to an aromatic ring is 1. The third-order valence-electron chi connectivity index (χ3n) is 3.31. The molecule has 0 bridgehead atoms. The molecule has 0 amide bonds. The minimum Gasteiger partial charge on any atom is -0.465 e. The van der Waals surface area contributed by atoms with E-state index in [1.807, 2.05) is 18.2 Å². The number of hydrogen-bond donors (Lipinski definition) is 1. The Labute approximate surface area is 124 Å². The number of carbonyl (C=O) groups is 1. The van der Waals surface area contributed by atoms with Crippen LogP contribution in [0, 0.1) is 0 Å². The standard InChI is InChI=1S/C16H19N3O2/c1-3-19(11-12-6-8-18-9-7-12)13-4-5-15(17)14(10-13)16(20)21-2/h4-10H,3,11,17H2,1-2H3. The predicted molar refractivity (Wildman–Crippen MR) is 83.2 cm³/mol. The zero-order chi connectivity index (χ0) is 15.2. The fourth-order valence-electron chi connectivity index (χ4n) is 2.12. The van der Waals surface area contributed by atoms with Crippen LogP contribution in [0.3, 0.4) is 0 Å². The van der Waals surface area contributed by atoms with Crippen molar-refractivity contribution in [2.45, 2.75) is 13.5 Å². The van der Waals surface area contributed by atoms with E-state index in [0.717, 1.165) is 24.3 Å². The monoisotopic (exact) mass is 285 g/mol. The molecule has 2 N–H and O–H groups in total. The van der Waals surface area contributed by atoms with Gasteiger partial charge in [-0.3, -0.25) is 4.98 Å². The van der Waals surface area contributed by atoms with Crippen LogP contribution in [-0.2, 0) is 11.3 Å². The molecule has 0 saturated carbocycles. The molecule has 5 heteroatoms. The SMILES string of the molecule is CCN(Cc1ccncc1)c1ccc(N)c(C(=O)OC)c1. The second-order valence-corrected chi connectivity index (χ2v) is 4.63. The summed E-state index contributed by atoms with van der Waals surface area (Å²) in [7, 11) is 1.35. The fourth-order valence-corrected chi connectivity index (χ4v) is 2.12. The summed E-state index contributed by atoms with van der Waals surface area (Å²) in [6.45, 7) is 3.62. The minimum atomic E-state index is -0.422. The Morgan fingerprint density at radius 2 is 2.00 bits per heavy atom. The summed E-state index contributed by atoms with van der Waals surface area (Å²) in [5.41, 5.74) is 8.74. The number of pyridine rings is 1. The van der Waals surface area contributed by atoms with Crippen molar-refractivity contribution in [2.75, 3.05) is 24.3 Å². The van der Waals surface area contributed by atoms with Crippen molar-refractivity contribution < 1.29 is 9.53 Å². The largest absolute Gasteiger partial charge is 0.465 e. The predicted octanol–water partition coefficient (Wildman–Crippen LogP) is 2.48. The molecular formula is C16H19N3O2. The lowest BCUT2D eigenvalue weighted by molar-refractivity contribution is 0.0602. The molecule has 0 aliphatic heterocycles. The number of methoxy groups -OCH3 is 1. The number of ether oxygens (including phenoxy) is 1. The molecule has 0 aliphatic carbocycles. The summed E-state index contributed by atoms with van der Waals surface area (Å²) in [6.07, 6.45) is 3.54. The number of esters is 1. The Morgan fingerprint density at radius 3 is 2.62 bits per heavy atom. The maximum Gasteiger partial charge on any atom is 0.340 e. The van der Waals surface area contributed by atoms with Crippen molar-refractivity contribution in [3.05, 3.63) is 53.9 Å². The molecule has 5 nitrogen and oxygen atoms in total. The summed E-state index contributed by atoms with van der Waals surface area (Å²) in [5.74, 6) is -0.422. The molecule has 0 saturated heterocycles. The van der Waals surface area contributed by atoms with Crippen LogP contribution in [0.4, 0.5) is 11.4 Å². The van der Waals surface area contributed by atoms with Crippen molar-refractivity contribution in [3.63, 3.8) is 0 Å². The molecule has 0 atom stereocenters. The third kappa shape index (κ3) is 3.51. The molecule has 2 rings (SSSR count). The third-order valence-corrected chi connectivity index (χ3v) is 3.31. The van der Waals surface area contributed by atoms with Crippen molar-refractivity contribution in [1.29, 1.82) is 0 Å². The van der Waals surface area contributed by atoms with E-state index in [1.165, 1.54) is 7.11 Å². The van der Waals surface area contributed by atoms with Crippen LogP contribution in [0.2, 0.25) is 0 Å². The normalized spacial score (nSPS) is 10.2. The van der Waals surface area contributed by atoms with E-state index < -0.39 is 5.97 Å². The van der Waals surface area contributed by atoms with Gasteiger partial charge in [0, 0.05) is 36.9 Å². The molecule has 0 spiro atoms. The van der Waals surface area contributed by atoms with E-state index in [-0.39, 0.29) is 0 Å². The minimum absolute atomic E-state index is 0.392. The van der Waals surface area contributed by atoms with Crippen LogP contribution < -0.4 is 10.6 Å². The van der Waals surface area contributed by atoms with Gasteiger partial charge >= 0.3 is 5.97 Å². The van der Waals surface area contributed by atoms with Gasteiger partial charge in [-0.05, 0) is 42.8 Å². The van der Waals surface area contributed by atoms with Gasteiger partial charge in [0.2, 0.25) is 0 Å². The second kappa shape index (κ2) is 6.74. The number of carbonyl (C=O) groups excluding carboxylic acids is 1. The number of nitrogens with two attached hydrogens (primary N) is 1. The van der Waals surface area contributed by atoms with E-state index in [4.69, 9.17) is 10.5 Å². The van der Waals surface area contributed by atoms with E-state index in [9.17, 15) is 4.79 Å². The molecule has 0 radical (unpaired) electrons. The molecular weight excluding hydrogens is 266 g/mol. The first-order chi connectivity index (χ1) is 10.2. The van der Waals surface area contributed by atoms with Gasteiger partial charge in [0.1, 0.15) is 0 Å². The summed E-state index contributed by atoms with van der Waals surface area (Å²) in [4.78, 5) is 17.9. The summed E-state index contributed by atoms with van der Waals surface area (Å²) < 4.78 is 4.76. The highest BCUT2D eigenvalue weighted by Crippen LogP contribution is 2.23. The zero-order valence-electron chi connectivity index (χ0n) is 12.2. The van der Waals surface area contributed by atoms with Gasteiger partial charge in [0.15, 0.2) is 0 Å². The Bertz CT molecular complexity index is 614. The van der Waals surface area contributed by atoms with Gasteiger partial charge in [-0.15, -0.1) is 0 Å². The summed E-state index contributed by atoms with van der Waals surface area (Å²) in [5, 5.41) is 0. The lowest BCUT2D eigenvalue weighted by Crippen LogP contribution is -2.22. The Kier molecular flexibility index (Phi) is 4.77. The molecule has 1 heterocycles. The van der Waals surface area contributed by atoms with Crippen molar-refractivity contribution in [1.82, 2.24) is 4.98 Å². The van der Waals surface area contributed by atoms with Crippen LogP contribution in [0.5, 0.6) is 0 Å². The highest BCUT2D eigenvalue weighted by Gasteiger charge is 2.13. The average Bonchev–Trinajstić information content (AvgIpc) is 2.53. The highest BCUT2D eigenvalue weighted by molar-refractivity contribution is 5.96. The van der Waals surface area contributed by atoms with Crippen LogP contribution in [0.25, 0.3) is 0 Å². The van der Waals surface area contributed by atoms with Crippen LogP contribution in [0.1, 0.15) is 22.8 Å². The van der Waals surface area contributed by atoms with Crippen molar-refractivity contribution >= 4 is 17.3 Å². The Hall–Kier alpha value is -2.56. The highest BCUT2D eigenvalue weighted by atomic mass is 16.5. The first-order valence-electron chi connectivity index (χ1n) is 6.77. The van der Waals surface area contributed by atoms with E-state index in [1.54, 1.807) is 24.5 Å². The first-order valence-corrected chi connectivity index (χ1v) is 6.77. The van der Waals surface area contributed by atoms with Crippen molar-refractivity contribution in [3.8, 4) is 0 Å². The van der Waals surface area contributed by atoms with Gasteiger partial charge < -0.3 is 15.4 Å². The van der Waals surface area contributed by atoms with Gasteiger partial charge in [0.25, 0.3) is 0 Å². The lowest BCUT2D eigenvalue weighted by Gasteiger charge is -2.24. The first kappa shape index (κ1) is 14.8.